The predicted octanol–water partition coefficient (Wildman–Crippen LogP) is 3.07. The molecule has 0 nitrogen and oxygen atoms in total. The van der Waals surface area contributed by atoms with Gasteiger partial charge in [0.05, 0.1) is 0 Å². The third-order valence-electron chi connectivity index (χ3n) is 0.529. The van der Waals surface area contributed by atoms with Crippen molar-refractivity contribution in [3.63, 3.8) is 0 Å². The molecular formula is C5H5BrF2. The van der Waals surface area contributed by atoms with Crippen LogP contribution >= 0.6 is 15.9 Å². The number of halogens is 3. The number of allylic oxidation sites excluding steroid dienone is 2. The van der Waals surface area contributed by atoms with Gasteiger partial charge < -0.3 is 0 Å². The van der Waals surface area contributed by atoms with Gasteiger partial charge in [-0.05, 0) is 15.9 Å². The van der Waals surface area contributed by atoms with Gasteiger partial charge in [-0.3, -0.25) is 0 Å². The van der Waals surface area contributed by atoms with Crippen LogP contribution in [-0.4, -0.2) is 0 Å². The van der Waals surface area contributed by atoms with E-state index in [9.17, 15) is 8.78 Å². The molecule has 0 aliphatic rings. The van der Waals surface area contributed by atoms with Crippen LogP contribution in [-0.2, 0) is 0 Å². The lowest BCUT2D eigenvalue weighted by molar-refractivity contribution is 0.560. The van der Waals surface area contributed by atoms with Gasteiger partial charge >= 0.3 is 0 Å². The highest BCUT2D eigenvalue weighted by Gasteiger charge is 1.96. The molecule has 0 atom stereocenters. The molecule has 0 amide bonds. The summed E-state index contributed by atoms with van der Waals surface area (Å²) in [4.78, 5) is 0. The zero-order valence-electron chi connectivity index (χ0n) is 4.13. The van der Waals surface area contributed by atoms with Crippen molar-refractivity contribution in [2.45, 2.75) is 6.42 Å². The van der Waals surface area contributed by atoms with Gasteiger partial charge in [0.25, 0.3) is 0 Å². The first-order chi connectivity index (χ1) is 3.68. The van der Waals surface area contributed by atoms with Crippen LogP contribution in [0.1, 0.15) is 6.42 Å². The summed E-state index contributed by atoms with van der Waals surface area (Å²) in [7, 11) is 0. The highest BCUT2D eigenvalue weighted by atomic mass is 79.9. The van der Waals surface area contributed by atoms with E-state index in [1.165, 1.54) is 6.08 Å². The van der Waals surface area contributed by atoms with E-state index < -0.39 is 10.6 Å². The Morgan fingerprint density at radius 1 is 1.62 bits per heavy atom. The average molecular weight is 183 g/mol. The molecule has 0 aromatic heterocycles. The second-order valence-electron chi connectivity index (χ2n) is 1.16. The van der Waals surface area contributed by atoms with Gasteiger partial charge in [0.2, 0.25) is 0 Å². The Morgan fingerprint density at radius 2 is 2.12 bits per heavy atom. The molecule has 0 unspecified atom stereocenters. The molecule has 0 aliphatic carbocycles. The summed E-state index contributed by atoms with van der Waals surface area (Å²) in [6.45, 7) is 3.22. The Balaban J connectivity index is 3.79. The van der Waals surface area contributed by atoms with Gasteiger partial charge in [0.1, 0.15) is 5.83 Å². The number of rotatable bonds is 2. The first-order valence-electron chi connectivity index (χ1n) is 1.99. The Hall–Kier alpha value is -0.180. The molecule has 0 aromatic rings. The molecule has 0 rings (SSSR count). The van der Waals surface area contributed by atoms with E-state index in [1.807, 2.05) is 0 Å². The summed E-state index contributed by atoms with van der Waals surface area (Å²) in [6.07, 6.45) is 1.23. The van der Waals surface area contributed by atoms with Gasteiger partial charge in [-0.1, -0.05) is 6.08 Å². The maximum atomic E-state index is 11.9. The van der Waals surface area contributed by atoms with E-state index in [1.54, 1.807) is 0 Å². The fourth-order valence-corrected chi connectivity index (χ4v) is 0.366. The first-order valence-corrected chi connectivity index (χ1v) is 2.78. The summed E-state index contributed by atoms with van der Waals surface area (Å²) in [6, 6.07) is 0. The molecule has 0 saturated carbocycles. The minimum Gasteiger partial charge on any atom is -0.208 e. The Kier molecular flexibility index (Phi) is 3.69. The van der Waals surface area contributed by atoms with Gasteiger partial charge in [-0.25, -0.2) is 4.39 Å². The van der Waals surface area contributed by atoms with Crippen LogP contribution < -0.4 is 0 Å². The minimum atomic E-state index is -0.947. The lowest BCUT2D eigenvalue weighted by Gasteiger charge is -1.85. The smallest absolute Gasteiger partial charge is 0.197 e. The maximum absolute atomic E-state index is 11.9. The summed E-state index contributed by atoms with van der Waals surface area (Å²) >= 11 is 2.33. The van der Waals surface area contributed by atoms with Crippen LogP contribution in [0.2, 0.25) is 0 Å². The fraction of sp³-hybridized carbons (Fsp3) is 0.200. The van der Waals surface area contributed by atoms with Crippen molar-refractivity contribution in [3.8, 4) is 0 Å². The van der Waals surface area contributed by atoms with E-state index in [4.69, 9.17) is 0 Å². The molecule has 0 aromatic carbocycles. The monoisotopic (exact) mass is 182 g/mol. The topological polar surface area (TPSA) is 0 Å². The summed E-state index contributed by atoms with van der Waals surface area (Å²) in [5.41, 5.74) is 0. The molecule has 0 heterocycles. The van der Waals surface area contributed by atoms with E-state index in [0.717, 1.165) is 0 Å². The van der Waals surface area contributed by atoms with Crippen molar-refractivity contribution in [1.82, 2.24) is 0 Å². The Bertz CT molecular complexity index is 114. The van der Waals surface area contributed by atoms with Crippen molar-refractivity contribution in [2.75, 3.05) is 0 Å². The van der Waals surface area contributed by atoms with Crippen LogP contribution in [0.25, 0.3) is 0 Å². The second-order valence-corrected chi connectivity index (χ2v) is 1.85. The largest absolute Gasteiger partial charge is 0.208 e. The lowest BCUT2D eigenvalue weighted by atomic mass is 10.4. The van der Waals surface area contributed by atoms with E-state index in [0.29, 0.717) is 0 Å². The second kappa shape index (κ2) is 3.78. The SMILES string of the molecule is C=CCC(F)=C(F)Br. The Labute approximate surface area is 55.0 Å². The van der Waals surface area contributed by atoms with E-state index in [-0.39, 0.29) is 6.42 Å². The highest BCUT2D eigenvalue weighted by Crippen LogP contribution is 2.17. The zero-order valence-corrected chi connectivity index (χ0v) is 5.71. The number of hydrogen-bond acceptors (Lipinski definition) is 0. The molecule has 3 heteroatoms. The van der Waals surface area contributed by atoms with Crippen molar-refractivity contribution >= 4 is 15.9 Å². The molecule has 0 bridgehead atoms. The normalized spacial score (nSPS) is 12.9. The van der Waals surface area contributed by atoms with Gasteiger partial charge in [-0.15, -0.1) is 6.58 Å². The predicted molar refractivity (Wildman–Crippen MR) is 33.0 cm³/mol. The molecule has 0 saturated heterocycles. The maximum Gasteiger partial charge on any atom is 0.197 e. The number of hydrogen-bond donors (Lipinski definition) is 0. The van der Waals surface area contributed by atoms with Crippen LogP contribution in [0, 0.1) is 0 Å². The lowest BCUT2D eigenvalue weighted by Crippen LogP contribution is -1.68. The van der Waals surface area contributed by atoms with E-state index >= 15 is 0 Å². The van der Waals surface area contributed by atoms with Crippen LogP contribution in [0.4, 0.5) is 8.78 Å². The van der Waals surface area contributed by atoms with Crippen molar-refractivity contribution in [2.24, 2.45) is 0 Å². The first kappa shape index (κ1) is 7.82. The van der Waals surface area contributed by atoms with Crippen LogP contribution in [0.15, 0.2) is 23.2 Å². The van der Waals surface area contributed by atoms with Gasteiger partial charge in [0.15, 0.2) is 4.74 Å². The molecular weight excluding hydrogens is 178 g/mol. The highest BCUT2D eigenvalue weighted by molar-refractivity contribution is 9.11. The average Bonchev–Trinajstić information content (AvgIpc) is 1.67. The molecule has 0 radical (unpaired) electrons. The van der Waals surface area contributed by atoms with Crippen molar-refractivity contribution in [3.05, 3.63) is 23.2 Å². The van der Waals surface area contributed by atoms with E-state index in [2.05, 4.69) is 22.5 Å². The quantitative estimate of drug-likeness (QED) is 0.577. The van der Waals surface area contributed by atoms with Gasteiger partial charge in [-0.2, -0.15) is 4.39 Å². The molecule has 46 valence electrons. The third kappa shape index (κ3) is 2.91. The summed E-state index contributed by atoms with van der Waals surface area (Å²) < 4.78 is 22.6. The molecule has 0 N–H and O–H groups in total. The molecule has 0 aliphatic heterocycles. The zero-order chi connectivity index (χ0) is 6.57. The molecule has 0 spiro atoms. The fourth-order valence-electron chi connectivity index (χ4n) is 0.204. The summed E-state index contributed by atoms with van der Waals surface area (Å²) in [5.74, 6) is -0.819. The summed E-state index contributed by atoms with van der Waals surface area (Å²) in [5, 5.41) is 0. The third-order valence-corrected chi connectivity index (χ3v) is 0.959. The van der Waals surface area contributed by atoms with Crippen LogP contribution in [0.3, 0.4) is 0 Å². The standard InChI is InChI=1S/C5H5BrF2/c1-2-3-4(7)5(6)8/h2H,1,3H2. The Morgan fingerprint density at radius 3 is 2.25 bits per heavy atom. The molecule has 8 heavy (non-hydrogen) atoms. The van der Waals surface area contributed by atoms with Crippen molar-refractivity contribution in [1.29, 1.82) is 0 Å². The van der Waals surface area contributed by atoms with Gasteiger partial charge in [0, 0.05) is 6.42 Å². The van der Waals surface area contributed by atoms with Crippen LogP contribution in [0.5, 0.6) is 0 Å². The van der Waals surface area contributed by atoms with Crippen molar-refractivity contribution < 1.29 is 8.78 Å². The minimum absolute atomic E-state index is 0.0584. The molecule has 0 fully saturated rings.